The lowest BCUT2D eigenvalue weighted by molar-refractivity contribution is 0.0941. The molecule has 0 aliphatic carbocycles. The Labute approximate surface area is 80.2 Å². The van der Waals surface area contributed by atoms with Crippen molar-refractivity contribution in [1.82, 2.24) is 10.9 Å². The Balaban J connectivity index is 2.70. The molecule has 0 fully saturated rings. The monoisotopic (exact) mass is 194 g/mol. The van der Waals surface area contributed by atoms with Crippen LogP contribution in [-0.4, -0.2) is 17.0 Å². The van der Waals surface area contributed by atoms with E-state index in [4.69, 9.17) is 11.1 Å². The van der Waals surface area contributed by atoms with E-state index in [9.17, 15) is 9.90 Å². The molecule has 1 amide bonds. The lowest BCUT2D eigenvalue weighted by Crippen LogP contribution is -2.44. The quantitative estimate of drug-likeness (QED) is 0.236. The van der Waals surface area contributed by atoms with Crippen LogP contribution >= 0.6 is 0 Å². The number of nitrogens with one attached hydrogen (secondary N) is 3. The number of phenols is 1. The molecular weight excluding hydrogens is 184 g/mol. The number of carbonyl (C=O) groups is 1. The van der Waals surface area contributed by atoms with Crippen molar-refractivity contribution < 1.29 is 9.90 Å². The van der Waals surface area contributed by atoms with Crippen LogP contribution in [0, 0.1) is 5.41 Å². The average Bonchev–Trinajstić information content (AvgIpc) is 2.15. The lowest BCUT2D eigenvalue weighted by atomic mass is 10.2. The molecule has 0 saturated heterocycles. The Morgan fingerprint density at radius 1 is 1.36 bits per heavy atom. The van der Waals surface area contributed by atoms with Crippen molar-refractivity contribution in [2.75, 3.05) is 0 Å². The first-order valence-electron chi connectivity index (χ1n) is 3.79. The fraction of sp³-hybridized carbons (Fsp3) is 0. The van der Waals surface area contributed by atoms with Gasteiger partial charge >= 0.3 is 0 Å². The zero-order valence-electron chi connectivity index (χ0n) is 7.24. The van der Waals surface area contributed by atoms with Crippen LogP contribution in [0.4, 0.5) is 0 Å². The van der Waals surface area contributed by atoms with Gasteiger partial charge in [0.15, 0.2) is 0 Å². The first kappa shape index (κ1) is 9.85. The molecule has 6 nitrogen and oxygen atoms in total. The fourth-order valence-corrected chi connectivity index (χ4v) is 0.857. The first-order valence-corrected chi connectivity index (χ1v) is 3.79. The molecule has 0 radical (unpaired) electrons. The van der Waals surface area contributed by atoms with Crippen LogP contribution in [-0.2, 0) is 0 Å². The molecule has 74 valence electrons. The molecule has 0 unspecified atom stereocenters. The van der Waals surface area contributed by atoms with E-state index in [1.807, 2.05) is 0 Å². The van der Waals surface area contributed by atoms with Crippen molar-refractivity contribution in [2.24, 2.45) is 5.73 Å². The maximum atomic E-state index is 11.3. The van der Waals surface area contributed by atoms with Crippen molar-refractivity contribution in [3.8, 4) is 5.75 Å². The molecule has 6 heteroatoms. The number of guanidine groups is 1. The Hall–Kier alpha value is -2.24. The van der Waals surface area contributed by atoms with Gasteiger partial charge in [-0.2, -0.15) is 0 Å². The Morgan fingerprint density at radius 2 is 2.00 bits per heavy atom. The molecule has 0 atom stereocenters. The number of rotatable bonds is 1. The van der Waals surface area contributed by atoms with E-state index in [-0.39, 0.29) is 17.3 Å². The first-order chi connectivity index (χ1) is 6.61. The molecule has 0 bridgehead atoms. The Morgan fingerprint density at radius 3 is 2.57 bits per heavy atom. The topological polar surface area (TPSA) is 111 Å². The highest BCUT2D eigenvalue weighted by Crippen LogP contribution is 2.14. The summed E-state index contributed by atoms with van der Waals surface area (Å²) in [5.74, 6) is -1.07. The second kappa shape index (κ2) is 4.13. The molecule has 6 N–H and O–H groups in total. The SMILES string of the molecule is N=C(N)NNC(=O)c1ccccc1O. The van der Waals surface area contributed by atoms with Gasteiger partial charge in [-0.05, 0) is 12.1 Å². The summed E-state index contributed by atoms with van der Waals surface area (Å²) in [6, 6.07) is 6.06. The largest absolute Gasteiger partial charge is 0.507 e. The number of para-hydroxylation sites is 1. The molecule has 0 aliphatic heterocycles. The Kier molecular flexibility index (Phi) is 2.90. The van der Waals surface area contributed by atoms with Crippen molar-refractivity contribution in [1.29, 1.82) is 5.41 Å². The summed E-state index contributed by atoms with van der Waals surface area (Å²) in [5, 5.41) is 16.1. The highest BCUT2D eigenvalue weighted by Gasteiger charge is 2.08. The van der Waals surface area contributed by atoms with Gasteiger partial charge in [0.2, 0.25) is 5.96 Å². The number of hydrogen-bond donors (Lipinski definition) is 5. The fourth-order valence-electron chi connectivity index (χ4n) is 0.857. The van der Waals surface area contributed by atoms with Gasteiger partial charge in [0.05, 0.1) is 5.56 Å². The molecular formula is C8H10N4O2. The van der Waals surface area contributed by atoms with Gasteiger partial charge in [-0.3, -0.25) is 21.1 Å². The zero-order valence-corrected chi connectivity index (χ0v) is 7.24. The van der Waals surface area contributed by atoms with Gasteiger partial charge in [-0.25, -0.2) is 0 Å². The number of amides is 1. The van der Waals surface area contributed by atoms with Crippen LogP contribution < -0.4 is 16.6 Å². The second-order valence-corrected chi connectivity index (χ2v) is 2.51. The summed E-state index contributed by atoms with van der Waals surface area (Å²) in [6.07, 6.45) is 0. The minimum Gasteiger partial charge on any atom is -0.507 e. The van der Waals surface area contributed by atoms with Crippen LogP contribution in [0.3, 0.4) is 0 Å². The number of phenolic OH excluding ortho intramolecular Hbond substituents is 1. The van der Waals surface area contributed by atoms with Crippen LogP contribution in [0.25, 0.3) is 0 Å². The van der Waals surface area contributed by atoms with E-state index in [1.165, 1.54) is 12.1 Å². The summed E-state index contributed by atoms with van der Waals surface area (Å²) in [6.45, 7) is 0. The molecule has 1 rings (SSSR count). The summed E-state index contributed by atoms with van der Waals surface area (Å²) < 4.78 is 0. The van der Waals surface area contributed by atoms with Gasteiger partial charge in [-0.15, -0.1) is 0 Å². The second-order valence-electron chi connectivity index (χ2n) is 2.51. The number of nitrogens with two attached hydrogens (primary N) is 1. The van der Waals surface area contributed by atoms with Crippen molar-refractivity contribution in [2.45, 2.75) is 0 Å². The third-order valence-corrected chi connectivity index (χ3v) is 1.46. The van der Waals surface area contributed by atoms with Gasteiger partial charge in [-0.1, -0.05) is 12.1 Å². The predicted octanol–water partition coefficient (Wildman–Crippen LogP) is -0.480. The molecule has 1 aromatic rings. The Bertz CT molecular complexity index is 364. The summed E-state index contributed by atoms with van der Waals surface area (Å²) >= 11 is 0. The van der Waals surface area contributed by atoms with Gasteiger partial charge in [0, 0.05) is 0 Å². The maximum Gasteiger partial charge on any atom is 0.273 e. The van der Waals surface area contributed by atoms with Crippen LogP contribution in [0.1, 0.15) is 10.4 Å². The van der Waals surface area contributed by atoms with Gasteiger partial charge in [0.1, 0.15) is 5.75 Å². The van der Waals surface area contributed by atoms with Crippen LogP contribution in [0.2, 0.25) is 0 Å². The number of carbonyl (C=O) groups excluding carboxylic acids is 1. The zero-order chi connectivity index (χ0) is 10.6. The average molecular weight is 194 g/mol. The van der Waals surface area contributed by atoms with Crippen molar-refractivity contribution in [3.63, 3.8) is 0 Å². The predicted molar refractivity (Wildman–Crippen MR) is 50.6 cm³/mol. The highest BCUT2D eigenvalue weighted by molar-refractivity contribution is 5.97. The third kappa shape index (κ3) is 2.37. The van der Waals surface area contributed by atoms with Gasteiger partial charge < -0.3 is 10.8 Å². The van der Waals surface area contributed by atoms with E-state index in [0.717, 1.165) is 0 Å². The third-order valence-electron chi connectivity index (χ3n) is 1.46. The summed E-state index contributed by atoms with van der Waals surface area (Å²) in [4.78, 5) is 11.3. The van der Waals surface area contributed by atoms with E-state index < -0.39 is 5.91 Å². The van der Waals surface area contributed by atoms with Gasteiger partial charge in [0.25, 0.3) is 5.91 Å². The normalized spacial score (nSPS) is 9.14. The van der Waals surface area contributed by atoms with E-state index in [1.54, 1.807) is 12.1 Å². The van der Waals surface area contributed by atoms with Crippen LogP contribution in [0.15, 0.2) is 24.3 Å². The summed E-state index contributed by atoms with van der Waals surface area (Å²) in [5.41, 5.74) is 9.33. The number of hydrazine groups is 1. The van der Waals surface area contributed by atoms with E-state index >= 15 is 0 Å². The van der Waals surface area contributed by atoms with E-state index in [2.05, 4.69) is 10.9 Å². The minimum absolute atomic E-state index is 0.112. The molecule has 1 aromatic carbocycles. The van der Waals surface area contributed by atoms with Crippen LogP contribution in [0.5, 0.6) is 5.75 Å². The molecule has 0 heterocycles. The molecule has 0 aliphatic rings. The van der Waals surface area contributed by atoms with Crippen molar-refractivity contribution in [3.05, 3.63) is 29.8 Å². The van der Waals surface area contributed by atoms with E-state index in [0.29, 0.717) is 0 Å². The number of aromatic hydroxyl groups is 1. The van der Waals surface area contributed by atoms with Crippen molar-refractivity contribution >= 4 is 11.9 Å². The molecule has 0 aromatic heterocycles. The molecule has 0 spiro atoms. The number of benzene rings is 1. The minimum atomic E-state index is -0.557. The standard InChI is InChI=1S/C8H10N4O2/c9-8(10)12-11-7(14)5-3-1-2-4-6(5)13/h1-4,13H,(H,11,14)(H4,9,10,12). The lowest BCUT2D eigenvalue weighted by Gasteiger charge is -2.06. The highest BCUT2D eigenvalue weighted by atomic mass is 16.3. The summed E-state index contributed by atoms with van der Waals surface area (Å²) in [7, 11) is 0. The maximum absolute atomic E-state index is 11.3. The molecule has 14 heavy (non-hydrogen) atoms. The molecule has 0 saturated carbocycles. The smallest absolute Gasteiger partial charge is 0.273 e. The number of hydrogen-bond acceptors (Lipinski definition) is 3.